The number of benzene rings is 1. The summed E-state index contributed by atoms with van der Waals surface area (Å²) < 4.78 is 2.37. The number of pyridine rings is 1. The lowest BCUT2D eigenvalue weighted by Gasteiger charge is -2.44. The van der Waals surface area contributed by atoms with Crippen molar-refractivity contribution in [2.45, 2.75) is 18.9 Å². The molecular formula is C19H21Cl2N3OS. The summed E-state index contributed by atoms with van der Waals surface area (Å²) in [6.45, 7) is 3.35. The SMILES string of the molecule is Cl.Cl.O=C(N[C@H]1CN2CCC1CC2)c1cc2c(cn1)sc1ccccc12. The molecular weight excluding hydrogens is 389 g/mol. The Hall–Kier alpha value is -1.40. The van der Waals surface area contributed by atoms with Crippen LogP contribution in [0.2, 0.25) is 0 Å². The van der Waals surface area contributed by atoms with Crippen LogP contribution in [-0.4, -0.2) is 41.5 Å². The summed E-state index contributed by atoms with van der Waals surface area (Å²) in [5.74, 6) is 0.593. The largest absolute Gasteiger partial charge is 0.346 e. The fraction of sp³-hybridized carbons (Fsp3) is 0.368. The number of hydrogen-bond acceptors (Lipinski definition) is 4. The lowest BCUT2D eigenvalue weighted by molar-refractivity contribution is 0.0618. The number of nitrogens with zero attached hydrogens (tertiary/aromatic N) is 2. The first kappa shape index (κ1) is 19.4. The molecule has 2 bridgehead atoms. The van der Waals surface area contributed by atoms with Crippen LogP contribution in [0.15, 0.2) is 36.5 Å². The van der Waals surface area contributed by atoms with Crippen molar-refractivity contribution in [3.63, 3.8) is 0 Å². The maximum Gasteiger partial charge on any atom is 0.270 e. The Balaban J connectivity index is 0.000000980. The molecule has 0 saturated carbocycles. The zero-order valence-corrected chi connectivity index (χ0v) is 16.6. The van der Waals surface area contributed by atoms with E-state index in [2.05, 4.69) is 27.3 Å². The van der Waals surface area contributed by atoms with Crippen molar-refractivity contribution in [2.75, 3.05) is 19.6 Å². The molecule has 1 atom stereocenters. The van der Waals surface area contributed by atoms with E-state index in [4.69, 9.17) is 0 Å². The molecule has 5 heterocycles. The fourth-order valence-corrected chi connectivity index (χ4v) is 5.18. The summed E-state index contributed by atoms with van der Waals surface area (Å²) in [6, 6.07) is 10.5. The van der Waals surface area contributed by atoms with E-state index in [0.717, 1.165) is 16.6 Å². The molecule has 0 spiro atoms. The summed E-state index contributed by atoms with van der Waals surface area (Å²) in [6.07, 6.45) is 4.24. The van der Waals surface area contributed by atoms with E-state index in [1.807, 2.05) is 24.4 Å². The van der Waals surface area contributed by atoms with Crippen LogP contribution in [0.5, 0.6) is 0 Å². The van der Waals surface area contributed by atoms with Gasteiger partial charge in [-0.15, -0.1) is 36.2 Å². The highest BCUT2D eigenvalue weighted by Gasteiger charge is 2.35. The molecule has 4 nitrogen and oxygen atoms in total. The minimum absolute atomic E-state index is 0. The van der Waals surface area contributed by atoms with Gasteiger partial charge in [0.05, 0.1) is 4.70 Å². The van der Waals surface area contributed by atoms with Gasteiger partial charge in [-0.3, -0.25) is 4.79 Å². The molecule has 138 valence electrons. The van der Waals surface area contributed by atoms with Crippen molar-refractivity contribution in [1.29, 1.82) is 0 Å². The first-order valence-corrected chi connectivity index (χ1v) is 9.40. The predicted octanol–water partition coefficient (Wildman–Crippen LogP) is 4.12. The Labute approximate surface area is 168 Å². The average molecular weight is 410 g/mol. The van der Waals surface area contributed by atoms with E-state index in [1.165, 1.54) is 36.0 Å². The standard InChI is InChI=1S/C19H19N3OS.2ClH/c23-19(21-16-11-22-7-5-12(16)6-8-22)15-9-14-13-3-1-2-4-17(13)24-18(14)10-20-15;;/h1-4,9-10,12,16H,5-8,11H2,(H,21,23);2*1H/t16-;;/m0../s1. The zero-order chi connectivity index (χ0) is 16.1. The number of aromatic nitrogens is 1. The van der Waals surface area contributed by atoms with Crippen LogP contribution in [0.25, 0.3) is 20.2 Å². The number of thiophene rings is 1. The van der Waals surface area contributed by atoms with Crippen molar-refractivity contribution < 1.29 is 4.79 Å². The molecule has 0 unspecified atom stereocenters. The minimum Gasteiger partial charge on any atom is -0.346 e. The highest BCUT2D eigenvalue weighted by molar-refractivity contribution is 7.25. The van der Waals surface area contributed by atoms with E-state index in [0.29, 0.717) is 11.6 Å². The summed E-state index contributed by atoms with van der Waals surface area (Å²) in [4.78, 5) is 19.6. The van der Waals surface area contributed by atoms with Crippen LogP contribution in [0.1, 0.15) is 23.3 Å². The van der Waals surface area contributed by atoms with Crippen LogP contribution in [0.3, 0.4) is 0 Å². The second-order valence-electron chi connectivity index (χ2n) is 6.88. The van der Waals surface area contributed by atoms with E-state index in [9.17, 15) is 4.79 Å². The van der Waals surface area contributed by atoms with E-state index in [-0.39, 0.29) is 36.8 Å². The Morgan fingerprint density at radius 2 is 1.88 bits per heavy atom. The first-order chi connectivity index (χ1) is 11.8. The normalized spacial score (nSPS) is 24.1. The Kier molecular flexibility index (Phi) is 5.72. The van der Waals surface area contributed by atoms with Crippen molar-refractivity contribution in [3.05, 3.63) is 42.2 Å². The van der Waals surface area contributed by atoms with Crippen LogP contribution in [-0.2, 0) is 0 Å². The molecule has 3 saturated heterocycles. The summed E-state index contributed by atoms with van der Waals surface area (Å²) >= 11 is 1.73. The van der Waals surface area contributed by atoms with Crippen molar-refractivity contribution in [1.82, 2.24) is 15.2 Å². The summed E-state index contributed by atoms with van der Waals surface area (Å²) in [7, 11) is 0. The molecule has 26 heavy (non-hydrogen) atoms. The molecule has 3 aromatic rings. The number of rotatable bonds is 2. The number of carbonyl (C=O) groups is 1. The number of piperidine rings is 3. The van der Waals surface area contributed by atoms with Gasteiger partial charge in [-0.2, -0.15) is 0 Å². The molecule has 7 heteroatoms. The molecule has 3 aliphatic heterocycles. The van der Waals surface area contributed by atoms with Crippen LogP contribution in [0, 0.1) is 5.92 Å². The topological polar surface area (TPSA) is 45.2 Å². The zero-order valence-electron chi connectivity index (χ0n) is 14.2. The highest BCUT2D eigenvalue weighted by Crippen LogP contribution is 2.33. The fourth-order valence-electron chi connectivity index (χ4n) is 4.13. The van der Waals surface area contributed by atoms with Crippen molar-refractivity contribution in [2.24, 2.45) is 5.92 Å². The second kappa shape index (κ2) is 7.69. The van der Waals surface area contributed by atoms with Gasteiger partial charge in [0.25, 0.3) is 5.91 Å². The van der Waals surface area contributed by atoms with Crippen LogP contribution >= 0.6 is 36.2 Å². The monoisotopic (exact) mass is 409 g/mol. The number of fused-ring (bicyclic) bond motifs is 6. The smallest absolute Gasteiger partial charge is 0.270 e. The van der Waals surface area contributed by atoms with Crippen LogP contribution in [0.4, 0.5) is 0 Å². The summed E-state index contributed by atoms with van der Waals surface area (Å²) in [5.41, 5.74) is 0.530. The van der Waals surface area contributed by atoms with Crippen molar-refractivity contribution >= 4 is 62.2 Å². The van der Waals surface area contributed by atoms with Gasteiger partial charge in [0.15, 0.2) is 0 Å². The van der Waals surface area contributed by atoms with Gasteiger partial charge in [-0.1, -0.05) is 18.2 Å². The molecule has 2 aromatic heterocycles. The van der Waals surface area contributed by atoms with Gasteiger partial charge in [0, 0.05) is 34.3 Å². The van der Waals surface area contributed by atoms with Gasteiger partial charge in [0.2, 0.25) is 0 Å². The highest BCUT2D eigenvalue weighted by atomic mass is 35.5. The molecule has 3 aliphatic rings. The number of carbonyl (C=O) groups excluding carboxylic acids is 1. The maximum absolute atomic E-state index is 12.7. The number of hydrogen-bond donors (Lipinski definition) is 1. The molecule has 6 rings (SSSR count). The molecule has 1 amide bonds. The van der Waals surface area contributed by atoms with Crippen LogP contribution < -0.4 is 5.32 Å². The quantitative estimate of drug-likeness (QED) is 0.692. The van der Waals surface area contributed by atoms with Crippen molar-refractivity contribution in [3.8, 4) is 0 Å². The number of nitrogens with one attached hydrogen (secondary N) is 1. The second-order valence-corrected chi connectivity index (χ2v) is 7.97. The molecule has 0 radical (unpaired) electrons. The third-order valence-electron chi connectivity index (χ3n) is 5.47. The predicted molar refractivity (Wildman–Crippen MR) is 112 cm³/mol. The lowest BCUT2D eigenvalue weighted by atomic mass is 9.84. The van der Waals surface area contributed by atoms with Gasteiger partial charge >= 0.3 is 0 Å². The van der Waals surface area contributed by atoms with Gasteiger partial charge in [-0.05, 0) is 44.0 Å². The van der Waals surface area contributed by atoms with E-state index in [1.54, 1.807) is 11.3 Å². The Morgan fingerprint density at radius 3 is 2.62 bits per heavy atom. The van der Waals surface area contributed by atoms with E-state index >= 15 is 0 Å². The molecule has 3 fully saturated rings. The number of halogens is 2. The lowest BCUT2D eigenvalue weighted by Crippen LogP contribution is -2.57. The number of amides is 1. The Morgan fingerprint density at radius 1 is 1.12 bits per heavy atom. The molecule has 0 aliphatic carbocycles. The maximum atomic E-state index is 12.7. The Bertz CT molecular complexity index is 937. The first-order valence-electron chi connectivity index (χ1n) is 8.58. The average Bonchev–Trinajstić information content (AvgIpc) is 3.00. The third-order valence-corrected chi connectivity index (χ3v) is 6.59. The molecule has 1 N–H and O–H groups in total. The minimum atomic E-state index is -0.0362. The molecule has 1 aromatic carbocycles. The van der Waals surface area contributed by atoms with Gasteiger partial charge in [-0.25, -0.2) is 4.98 Å². The third kappa shape index (κ3) is 3.29. The van der Waals surface area contributed by atoms with Gasteiger partial charge < -0.3 is 10.2 Å². The summed E-state index contributed by atoms with van der Waals surface area (Å²) in [5, 5.41) is 5.57. The van der Waals surface area contributed by atoms with Gasteiger partial charge in [0.1, 0.15) is 5.69 Å². The van der Waals surface area contributed by atoms with E-state index < -0.39 is 0 Å².